The van der Waals surface area contributed by atoms with Crippen LogP contribution < -0.4 is 0 Å². The minimum Gasteiger partial charge on any atom is -0.392 e. The second-order valence-corrected chi connectivity index (χ2v) is 4.91. The summed E-state index contributed by atoms with van der Waals surface area (Å²) in [5.41, 5.74) is 1.29. The van der Waals surface area contributed by atoms with Gasteiger partial charge in [0.1, 0.15) is 0 Å². The lowest BCUT2D eigenvalue weighted by Crippen LogP contribution is -2.13. The number of hydrogen-bond donors (Lipinski definition) is 1. The van der Waals surface area contributed by atoms with Crippen LogP contribution in [0.5, 0.6) is 0 Å². The summed E-state index contributed by atoms with van der Waals surface area (Å²) in [6.45, 7) is 3.88. The van der Waals surface area contributed by atoms with Crippen LogP contribution >= 0.6 is 11.9 Å². The zero-order valence-corrected chi connectivity index (χ0v) is 9.13. The van der Waals surface area contributed by atoms with Crippen LogP contribution in [0.15, 0.2) is 29.2 Å². The Balaban J connectivity index is 1.97. The monoisotopic (exact) mass is 209 g/mol. The third-order valence-electron chi connectivity index (χ3n) is 2.35. The fraction of sp³-hybridized carbons (Fsp3) is 0.455. The second kappa shape index (κ2) is 4.34. The normalized spacial score (nSPS) is 22.9. The summed E-state index contributed by atoms with van der Waals surface area (Å²) in [6.07, 6.45) is 0.769. The summed E-state index contributed by atoms with van der Waals surface area (Å²) < 4.78 is 2.22. The Morgan fingerprint density at radius 1 is 1.50 bits per heavy atom. The Bertz CT molecular complexity index is 316. The van der Waals surface area contributed by atoms with Gasteiger partial charge in [0.15, 0.2) is 0 Å². The van der Waals surface area contributed by atoms with E-state index in [9.17, 15) is 5.11 Å². The molecule has 0 saturated carbocycles. The van der Waals surface area contributed by atoms with Gasteiger partial charge in [-0.25, -0.2) is 4.31 Å². The quantitative estimate of drug-likeness (QED) is 0.754. The molecule has 1 fully saturated rings. The average Bonchev–Trinajstić information content (AvgIpc) is 2.51. The van der Waals surface area contributed by atoms with Gasteiger partial charge in [-0.2, -0.15) is 0 Å². The van der Waals surface area contributed by atoms with Crippen LogP contribution in [0.3, 0.4) is 0 Å². The molecule has 1 aliphatic heterocycles. The fourth-order valence-electron chi connectivity index (χ4n) is 1.61. The van der Waals surface area contributed by atoms with Crippen molar-refractivity contribution in [1.82, 2.24) is 4.31 Å². The van der Waals surface area contributed by atoms with Gasteiger partial charge in [-0.05, 0) is 43.0 Å². The second-order valence-electron chi connectivity index (χ2n) is 3.74. The summed E-state index contributed by atoms with van der Waals surface area (Å²) in [5.74, 6) is 0. The van der Waals surface area contributed by atoms with E-state index in [4.69, 9.17) is 0 Å². The highest BCUT2D eigenvalue weighted by molar-refractivity contribution is 7.97. The summed E-state index contributed by atoms with van der Waals surface area (Å²) in [6, 6.07) is 8.46. The van der Waals surface area contributed by atoms with Crippen molar-refractivity contribution in [3.8, 4) is 0 Å². The molecule has 76 valence electrons. The van der Waals surface area contributed by atoms with Gasteiger partial charge in [0, 0.05) is 18.0 Å². The van der Waals surface area contributed by atoms with Crippen LogP contribution in [0.25, 0.3) is 0 Å². The number of aryl methyl sites for hydroxylation is 1. The van der Waals surface area contributed by atoms with Crippen LogP contribution in [0.4, 0.5) is 0 Å². The van der Waals surface area contributed by atoms with E-state index in [1.54, 1.807) is 11.9 Å². The molecule has 0 aliphatic carbocycles. The van der Waals surface area contributed by atoms with Gasteiger partial charge in [-0.1, -0.05) is 12.1 Å². The molecule has 0 spiro atoms. The summed E-state index contributed by atoms with van der Waals surface area (Å²) >= 11 is 1.74. The largest absolute Gasteiger partial charge is 0.392 e. The topological polar surface area (TPSA) is 23.5 Å². The van der Waals surface area contributed by atoms with E-state index < -0.39 is 0 Å². The van der Waals surface area contributed by atoms with E-state index in [0.29, 0.717) is 0 Å². The number of benzene rings is 1. The van der Waals surface area contributed by atoms with Gasteiger partial charge >= 0.3 is 0 Å². The Morgan fingerprint density at radius 3 is 3.00 bits per heavy atom. The van der Waals surface area contributed by atoms with Crippen LogP contribution in [-0.2, 0) is 0 Å². The Morgan fingerprint density at radius 2 is 2.36 bits per heavy atom. The highest BCUT2D eigenvalue weighted by Gasteiger charge is 2.20. The molecular weight excluding hydrogens is 194 g/mol. The minimum absolute atomic E-state index is 0.132. The first kappa shape index (κ1) is 10.0. The summed E-state index contributed by atoms with van der Waals surface area (Å²) in [7, 11) is 0. The van der Waals surface area contributed by atoms with Crippen molar-refractivity contribution in [2.24, 2.45) is 0 Å². The number of nitrogens with zero attached hydrogens (tertiary/aromatic N) is 1. The third-order valence-corrected chi connectivity index (χ3v) is 3.40. The zero-order valence-electron chi connectivity index (χ0n) is 8.31. The van der Waals surface area contributed by atoms with E-state index >= 15 is 0 Å². The predicted octanol–water partition coefficient (Wildman–Crippen LogP) is 2.07. The molecular formula is C11H15NOS. The molecule has 1 heterocycles. The molecule has 1 aliphatic rings. The van der Waals surface area contributed by atoms with E-state index in [-0.39, 0.29) is 6.10 Å². The SMILES string of the molecule is Cc1cccc(SN2CCC(O)C2)c1. The minimum atomic E-state index is -0.132. The van der Waals surface area contributed by atoms with Gasteiger partial charge in [-0.15, -0.1) is 0 Å². The molecule has 3 heteroatoms. The average molecular weight is 209 g/mol. The Hall–Kier alpha value is -0.510. The van der Waals surface area contributed by atoms with Gasteiger partial charge in [0.2, 0.25) is 0 Å². The molecule has 1 aromatic carbocycles. The molecule has 0 radical (unpaired) electrons. The molecule has 14 heavy (non-hydrogen) atoms. The Kier molecular flexibility index (Phi) is 3.11. The lowest BCUT2D eigenvalue weighted by molar-refractivity contribution is 0.190. The first-order valence-electron chi connectivity index (χ1n) is 4.92. The van der Waals surface area contributed by atoms with Crippen molar-refractivity contribution in [2.45, 2.75) is 24.3 Å². The van der Waals surface area contributed by atoms with Crippen LogP contribution in [0.2, 0.25) is 0 Å². The lowest BCUT2D eigenvalue weighted by Gasteiger charge is -2.13. The van der Waals surface area contributed by atoms with E-state index in [1.807, 2.05) is 0 Å². The van der Waals surface area contributed by atoms with Crippen LogP contribution in [0.1, 0.15) is 12.0 Å². The van der Waals surface area contributed by atoms with Crippen molar-refractivity contribution in [1.29, 1.82) is 0 Å². The third kappa shape index (κ3) is 2.50. The van der Waals surface area contributed by atoms with Crippen molar-refractivity contribution >= 4 is 11.9 Å². The maximum atomic E-state index is 9.38. The molecule has 1 saturated heterocycles. The van der Waals surface area contributed by atoms with Gasteiger partial charge < -0.3 is 5.11 Å². The molecule has 2 nitrogen and oxygen atoms in total. The number of aliphatic hydroxyl groups is 1. The molecule has 1 unspecified atom stereocenters. The molecule has 0 amide bonds. The molecule has 1 atom stereocenters. The van der Waals surface area contributed by atoms with Crippen molar-refractivity contribution in [3.63, 3.8) is 0 Å². The number of β-amino-alcohol motifs (C(OH)–C–C–N with tert-alkyl or cyclic N) is 1. The van der Waals surface area contributed by atoms with E-state index in [0.717, 1.165) is 19.5 Å². The number of aliphatic hydroxyl groups excluding tert-OH is 1. The van der Waals surface area contributed by atoms with E-state index in [2.05, 4.69) is 35.5 Å². The standard InChI is InChI=1S/C11H15NOS/c1-9-3-2-4-11(7-9)14-12-6-5-10(13)8-12/h2-4,7,10,13H,5-6,8H2,1H3. The van der Waals surface area contributed by atoms with E-state index in [1.165, 1.54) is 10.5 Å². The molecule has 1 N–H and O–H groups in total. The lowest BCUT2D eigenvalue weighted by atomic mass is 10.2. The van der Waals surface area contributed by atoms with Crippen molar-refractivity contribution < 1.29 is 5.11 Å². The Labute approximate surface area is 89.1 Å². The summed E-state index contributed by atoms with van der Waals surface area (Å²) in [5, 5.41) is 9.38. The molecule has 2 rings (SSSR count). The van der Waals surface area contributed by atoms with Gasteiger partial charge in [-0.3, -0.25) is 0 Å². The molecule has 0 aromatic heterocycles. The van der Waals surface area contributed by atoms with Gasteiger partial charge in [0.25, 0.3) is 0 Å². The smallest absolute Gasteiger partial charge is 0.0689 e. The van der Waals surface area contributed by atoms with Gasteiger partial charge in [0.05, 0.1) is 6.10 Å². The van der Waals surface area contributed by atoms with Crippen molar-refractivity contribution in [2.75, 3.05) is 13.1 Å². The maximum absolute atomic E-state index is 9.38. The predicted molar refractivity (Wildman–Crippen MR) is 59.2 cm³/mol. The van der Waals surface area contributed by atoms with Crippen LogP contribution in [-0.4, -0.2) is 28.6 Å². The molecule has 0 bridgehead atoms. The van der Waals surface area contributed by atoms with Crippen LogP contribution in [0, 0.1) is 6.92 Å². The maximum Gasteiger partial charge on any atom is 0.0689 e. The fourth-order valence-corrected chi connectivity index (χ4v) is 2.73. The highest BCUT2D eigenvalue weighted by atomic mass is 32.2. The highest BCUT2D eigenvalue weighted by Crippen LogP contribution is 2.27. The first-order valence-corrected chi connectivity index (χ1v) is 5.69. The number of hydrogen-bond acceptors (Lipinski definition) is 3. The van der Waals surface area contributed by atoms with Crippen molar-refractivity contribution in [3.05, 3.63) is 29.8 Å². The molecule has 1 aromatic rings. The summed E-state index contributed by atoms with van der Waals surface area (Å²) in [4.78, 5) is 1.26. The number of rotatable bonds is 2. The first-order chi connectivity index (χ1) is 6.74. The zero-order chi connectivity index (χ0) is 9.97.